The Morgan fingerprint density at radius 3 is 2.90 bits per heavy atom. The number of halogens is 1. The number of likely N-dealkylation sites (tertiary alicyclic amines) is 1. The first kappa shape index (κ1) is 14.7. The van der Waals surface area contributed by atoms with Crippen LogP contribution in [0.2, 0.25) is 0 Å². The number of likely N-dealkylation sites (N-methyl/N-ethyl adjacent to an activating group) is 1. The smallest absolute Gasteiger partial charge is 0.146 e. The van der Waals surface area contributed by atoms with E-state index in [1.165, 1.54) is 19.4 Å². The molecule has 0 aliphatic carbocycles. The summed E-state index contributed by atoms with van der Waals surface area (Å²) in [5, 5.41) is -0.117. The second-order valence-corrected chi connectivity index (χ2v) is 6.46. The van der Waals surface area contributed by atoms with Crippen LogP contribution in [0.25, 0.3) is 11.0 Å². The average molecular weight is 308 g/mol. The largest absolute Gasteiger partial charge is 0.494 e. The molecule has 1 aliphatic heterocycles. The summed E-state index contributed by atoms with van der Waals surface area (Å²) in [6.45, 7) is 4.09. The van der Waals surface area contributed by atoms with E-state index in [0.717, 1.165) is 29.2 Å². The Hall–Kier alpha value is -1.26. The van der Waals surface area contributed by atoms with Crippen molar-refractivity contribution in [3.05, 3.63) is 24.0 Å². The Balaban J connectivity index is 2.08. The quantitative estimate of drug-likeness (QED) is 0.811. The number of methoxy groups -OCH3 is 1. The Morgan fingerprint density at radius 1 is 1.48 bits per heavy atom. The third-order valence-electron chi connectivity index (χ3n) is 4.41. The zero-order chi connectivity index (χ0) is 15.0. The number of rotatable bonds is 4. The molecular weight excluding hydrogens is 286 g/mol. The first-order valence-corrected chi connectivity index (χ1v) is 7.93. The van der Waals surface area contributed by atoms with Crippen molar-refractivity contribution in [2.45, 2.75) is 37.7 Å². The van der Waals surface area contributed by atoms with Gasteiger partial charge in [0.15, 0.2) is 0 Å². The van der Waals surface area contributed by atoms with E-state index in [0.29, 0.717) is 6.04 Å². The Kier molecular flexibility index (Phi) is 4.09. The first-order chi connectivity index (χ1) is 10.1. The van der Waals surface area contributed by atoms with Crippen LogP contribution < -0.4 is 4.74 Å². The van der Waals surface area contributed by atoms with E-state index in [1.54, 1.807) is 7.11 Å². The van der Waals surface area contributed by atoms with Crippen LogP contribution in [0.5, 0.6) is 5.75 Å². The van der Waals surface area contributed by atoms with Crippen molar-refractivity contribution in [1.29, 1.82) is 0 Å². The number of imidazole rings is 1. The molecule has 2 heterocycles. The molecule has 0 amide bonds. The molecular formula is C16H22ClN3O. The summed E-state index contributed by atoms with van der Waals surface area (Å²) in [4.78, 5) is 7.16. The average Bonchev–Trinajstić information content (AvgIpc) is 3.04. The van der Waals surface area contributed by atoms with E-state index in [2.05, 4.69) is 22.6 Å². The molecule has 1 fully saturated rings. The maximum Gasteiger partial charge on any atom is 0.146 e. The van der Waals surface area contributed by atoms with Crippen LogP contribution in [0.1, 0.15) is 31.0 Å². The van der Waals surface area contributed by atoms with Gasteiger partial charge < -0.3 is 14.2 Å². The van der Waals surface area contributed by atoms with Gasteiger partial charge >= 0.3 is 0 Å². The fraction of sp³-hybridized carbons (Fsp3) is 0.562. The van der Waals surface area contributed by atoms with E-state index < -0.39 is 0 Å². The Labute approximate surface area is 130 Å². The number of para-hydroxylation sites is 1. The second kappa shape index (κ2) is 5.85. The third-order valence-corrected chi connectivity index (χ3v) is 4.61. The lowest BCUT2D eigenvalue weighted by atomic mass is 10.2. The highest BCUT2D eigenvalue weighted by molar-refractivity contribution is 6.20. The summed E-state index contributed by atoms with van der Waals surface area (Å²) in [6.07, 6.45) is 2.50. The molecule has 2 aromatic rings. The number of benzene rings is 1. The molecule has 5 heteroatoms. The number of hydrogen-bond donors (Lipinski definition) is 0. The van der Waals surface area contributed by atoms with Crippen LogP contribution in [-0.4, -0.2) is 41.2 Å². The topological polar surface area (TPSA) is 30.3 Å². The van der Waals surface area contributed by atoms with Gasteiger partial charge in [-0.1, -0.05) is 6.07 Å². The maximum absolute atomic E-state index is 6.36. The highest BCUT2D eigenvalue weighted by Gasteiger charge is 2.25. The van der Waals surface area contributed by atoms with Gasteiger partial charge in [0.2, 0.25) is 0 Å². The zero-order valence-corrected chi connectivity index (χ0v) is 13.6. The number of alkyl halides is 1. The van der Waals surface area contributed by atoms with Crippen LogP contribution in [0.15, 0.2) is 18.2 Å². The molecule has 0 N–H and O–H groups in total. The predicted molar refractivity (Wildman–Crippen MR) is 86.2 cm³/mol. The van der Waals surface area contributed by atoms with E-state index in [4.69, 9.17) is 21.3 Å². The third kappa shape index (κ3) is 2.62. The van der Waals surface area contributed by atoms with Gasteiger partial charge in [-0.2, -0.15) is 0 Å². The van der Waals surface area contributed by atoms with Gasteiger partial charge in [-0.05, 0) is 45.5 Å². The van der Waals surface area contributed by atoms with E-state index in [1.807, 2.05) is 19.1 Å². The molecule has 21 heavy (non-hydrogen) atoms. The van der Waals surface area contributed by atoms with Crippen molar-refractivity contribution in [3.63, 3.8) is 0 Å². The summed E-state index contributed by atoms with van der Waals surface area (Å²) >= 11 is 6.36. The molecule has 0 radical (unpaired) electrons. The van der Waals surface area contributed by atoms with Gasteiger partial charge in [0, 0.05) is 12.6 Å². The fourth-order valence-electron chi connectivity index (χ4n) is 3.22. The van der Waals surface area contributed by atoms with Crippen molar-refractivity contribution in [2.24, 2.45) is 0 Å². The van der Waals surface area contributed by atoms with E-state index in [9.17, 15) is 0 Å². The van der Waals surface area contributed by atoms with Crippen LogP contribution in [0.4, 0.5) is 0 Å². The summed E-state index contributed by atoms with van der Waals surface area (Å²) in [6, 6.07) is 6.62. The number of aromatic nitrogens is 2. The Bertz CT molecular complexity index is 638. The minimum atomic E-state index is -0.117. The molecule has 2 unspecified atom stereocenters. The molecule has 2 atom stereocenters. The summed E-state index contributed by atoms with van der Waals surface area (Å²) < 4.78 is 7.70. The lowest BCUT2D eigenvalue weighted by Gasteiger charge is -2.22. The van der Waals surface area contributed by atoms with E-state index >= 15 is 0 Å². The molecule has 0 bridgehead atoms. The molecule has 0 saturated carbocycles. The van der Waals surface area contributed by atoms with Crippen LogP contribution in [0, 0.1) is 0 Å². The van der Waals surface area contributed by atoms with Crippen LogP contribution >= 0.6 is 11.6 Å². The second-order valence-electron chi connectivity index (χ2n) is 5.80. The number of ether oxygens (including phenoxy) is 1. The SMILES string of the molecule is COc1cccc2c1nc(C(C)Cl)n2CC1CCCN1C. The van der Waals surface area contributed by atoms with Crippen molar-refractivity contribution >= 4 is 22.6 Å². The minimum absolute atomic E-state index is 0.117. The van der Waals surface area contributed by atoms with Gasteiger partial charge in [-0.3, -0.25) is 0 Å². The van der Waals surface area contributed by atoms with Gasteiger partial charge in [0.1, 0.15) is 17.1 Å². The lowest BCUT2D eigenvalue weighted by Crippen LogP contribution is -2.30. The number of nitrogens with zero attached hydrogens (tertiary/aromatic N) is 3. The van der Waals surface area contributed by atoms with Gasteiger partial charge in [0.25, 0.3) is 0 Å². The van der Waals surface area contributed by atoms with E-state index in [-0.39, 0.29) is 5.38 Å². The molecule has 1 aromatic carbocycles. The van der Waals surface area contributed by atoms with Crippen LogP contribution in [0.3, 0.4) is 0 Å². The molecule has 0 spiro atoms. The molecule has 4 nitrogen and oxygen atoms in total. The molecule has 3 rings (SSSR count). The first-order valence-electron chi connectivity index (χ1n) is 7.49. The summed E-state index contributed by atoms with van der Waals surface area (Å²) in [5.74, 6) is 1.74. The normalized spacial score (nSPS) is 21.0. The summed E-state index contributed by atoms with van der Waals surface area (Å²) in [7, 11) is 3.88. The molecule has 114 valence electrons. The zero-order valence-electron chi connectivity index (χ0n) is 12.8. The molecule has 1 aliphatic rings. The predicted octanol–water partition coefficient (Wildman–Crippen LogP) is 3.44. The Morgan fingerprint density at radius 2 is 2.29 bits per heavy atom. The van der Waals surface area contributed by atoms with Crippen LogP contribution in [-0.2, 0) is 6.54 Å². The van der Waals surface area contributed by atoms with Gasteiger partial charge in [-0.15, -0.1) is 11.6 Å². The fourth-order valence-corrected chi connectivity index (χ4v) is 3.39. The minimum Gasteiger partial charge on any atom is -0.494 e. The van der Waals surface area contributed by atoms with Crippen molar-refractivity contribution in [1.82, 2.24) is 14.5 Å². The van der Waals surface area contributed by atoms with Gasteiger partial charge in [-0.25, -0.2) is 4.98 Å². The highest BCUT2D eigenvalue weighted by Crippen LogP contribution is 2.31. The standard InChI is InChI=1S/C16H22ClN3O/c1-11(17)16-18-15-13(7-4-8-14(15)21-3)20(16)10-12-6-5-9-19(12)2/h4,7-8,11-12H,5-6,9-10H2,1-3H3. The van der Waals surface area contributed by atoms with Crippen molar-refractivity contribution in [3.8, 4) is 5.75 Å². The lowest BCUT2D eigenvalue weighted by molar-refractivity contribution is 0.282. The van der Waals surface area contributed by atoms with Crippen molar-refractivity contribution < 1.29 is 4.74 Å². The number of fused-ring (bicyclic) bond motifs is 1. The van der Waals surface area contributed by atoms with Crippen molar-refractivity contribution in [2.75, 3.05) is 20.7 Å². The number of hydrogen-bond acceptors (Lipinski definition) is 3. The monoisotopic (exact) mass is 307 g/mol. The summed E-state index contributed by atoms with van der Waals surface area (Å²) in [5.41, 5.74) is 2.01. The molecule has 1 saturated heterocycles. The highest BCUT2D eigenvalue weighted by atomic mass is 35.5. The molecule has 1 aromatic heterocycles. The van der Waals surface area contributed by atoms with Gasteiger partial charge in [0.05, 0.1) is 18.0 Å². The maximum atomic E-state index is 6.36.